The van der Waals surface area contributed by atoms with Gasteiger partial charge in [0.2, 0.25) is 0 Å². The first-order chi connectivity index (χ1) is 33.0. The summed E-state index contributed by atoms with van der Waals surface area (Å²) in [5.41, 5.74) is 0. The lowest BCUT2D eigenvalue weighted by atomic mass is 10.1. The lowest BCUT2D eigenvalue weighted by molar-refractivity contribution is -0.167. The summed E-state index contributed by atoms with van der Waals surface area (Å²) in [7, 11) is 0. The highest BCUT2D eigenvalue weighted by molar-refractivity contribution is 5.71. The van der Waals surface area contributed by atoms with Gasteiger partial charge in [0.25, 0.3) is 0 Å². The van der Waals surface area contributed by atoms with Crippen molar-refractivity contribution < 1.29 is 28.6 Å². The molecule has 0 aromatic carbocycles. The quantitative estimate of drug-likeness (QED) is 0.0262. The number of ether oxygens (including phenoxy) is 3. The highest BCUT2D eigenvalue weighted by Crippen LogP contribution is 2.13. The largest absolute Gasteiger partial charge is 0.462 e. The van der Waals surface area contributed by atoms with E-state index in [1.54, 1.807) is 0 Å². The molecule has 6 nitrogen and oxygen atoms in total. The van der Waals surface area contributed by atoms with Crippen molar-refractivity contribution in [3.05, 3.63) is 109 Å². The van der Waals surface area contributed by atoms with Crippen LogP contribution in [-0.4, -0.2) is 37.2 Å². The second kappa shape index (κ2) is 54.7. The van der Waals surface area contributed by atoms with E-state index in [0.717, 1.165) is 148 Å². The minimum Gasteiger partial charge on any atom is -0.462 e. The molecule has 1 unspecified atom stereocenters. The van der Waals surface area contributed by atoms with Crippen LogP contribution < -0.4 is 0 Å². The Kier molecular flexibility index (Phi) is 51.5. The van der Waals surface area contributed by atoms with E-state index >= 15 is 0 Å². The fourth-order valence-corrected chi connectivity index (χ4v) is 7.16. The highest BCUT2D eigenvalue weighted by atomic mass is 16.6. The van der Waals surface area contributed by atoms with Crippen LogP contribution in [0.3, 0.4) is 0 Å². The summed E-state index contributed by atoms with van der Waals surface area (Å²) < 4.78 is 16.7. The fourth-order valence-electron chi connectivity index (χ4n) is 7.16. The van der Waals surface area contributed by atoms with Crippen LogP contribution in [0.4, 0.5) is 0 Å². The molecule has 0 aliphatic heterocycles. The number of carbonyl (C=O) groups excluding carboxylic acids is 3. The van der Waals surface area contributed by atoms with Gasteiger partial charge < -0.3 is 14.2 Å². The van der Waals surface area contributed by atoms with Crippen LogP contribution in [0.5, 0.6) is 0 Å². The van der Waals surface area contributed by atoms with E-state index in [-0.39, 0.29) is 31.1 Å². The van der Waals surface area contributed by atoms with Gasteiger partial charge in [-0.2, -0.15) is 0 Å². The molecule has 0 bridgehead atoms. The van der Waals surface area contributed by atoms with Crippen LogP contribution in [-0.2, 0) is 28.6 Å². The van der Waals surface area contributed by atoms with Crippen LogP contribution in [0.15, 0.2) is 109 Å². The lowest BCUT2D eigenvalue weighted by Crippen LogP contribution is -2.30. The number of esters is 3. The van der Waals surface area contributed by atoms with Gasteiger partial charge in [-0.05, 0) is 109 Å². The van der Waals surface area contributed by atoms with Gasteiger partial charge in [-0.15, -0.1) is 0 Å². The molecule has 0 aliphatic rings. The maximum absolute atomic E-state index is 12.8. The minimum absolute atomic E-state index is 0.0909. The summed E-state index contributed by atoms with van der Waals surface area (Å²) in [6.07, 6.45) is 73.8. The molecule has 0 radical (unpaired) electrons. The molecule has 0 fully saturated rings. The first kappa shape index (κ1) is 63.1. The van der Waals surface area contributed by atoms with Crippen molar-refractivity contribution in [3.8, 4) is 0 Å². The summed E-state index contributed by atoms with van der Waals surface area (Å²) in [6, 6.07) is 0. The molecule has 380 valence electrons. The second-order valence-corrected chi connectivity index (χ2v) is 17.8. The summed E-state index contributed by atoms with van der Waals surface area (Å²) in [5.74, 6) is -0.935. The molecule has 0 rings (SSSR count). The average Bonchev–Trinajstić information content (AvgIpc) is 3.33. The molecule has 67 heavy (non-hydrogen) atoms. The molecule has 0 aromatic heterocycles. The number of unbranched alkanes of at least 4 members (excludes halogenated alkanes) is 19. The van der Waals surface area contributed by atoms with Gasteiger partial charge in [0, 0.05) is 19.3 Å². The van der Waals surface area contributed by atoms with Crippen molar-refractivity contribution in [3.63, 3.8) is 0 Å². The van der Waals surface area contributed by atoms with E-state index in [4.69, 9.17) is 14.2 Å². The maximum Gasteiger partial charge on any atom is 0.306 e. The van der Waals surface area contributed by atoms with Gasteiger partial charge in [0.15, 0.2) is 6.10 Å². The van der Waals surface area contributed by atoms with Crippen molar-refractivity contribution in [2.45, 2.75) is 245 Å². The molecule has 0 amide bonds. The molecule has 6 heteroatoms. The van der Waals surface area contributed by atoms with Crippen molar-refractivity contribution in [2.24, 2.45) is 0 Å². The summed E-state index contributed by atoms with van der Waals surface area (Å²) in [6.45, 7) is 6.42. The lowest BCUT2D eigenvalue weighted by Gasteiger charge is -2.18. The van der Waals surface area contributed by atoms with Crippen LogP contribution in [0.1, 0.15) is 239 Å². The zero-order valence-electron chi connectivity index (χ0n) is 43.4. The van der Waals surface area contributed by atoms with E-state index < -0.39 is 6.10 Å². The van der Waals surface area contributed by atoms with Crippen LogP contribution >= 0.6 is 0 Å². The smallest absolute Gasteiger partial charge is 0.306 e. The number of hydrogen-bond acceptors (Lipinski definition) is 6. The normalized spacial score (nSPS) is 12.9. The standard InChI is InChI=1S/C61H100O6/c1-4-7-10-13-16-18-20-22-24-25-26-27-28-29-30-31-32-33-34-35-37-38-40-42-45-48-51-54-60(63)66-57-58(56-65-59(62)53-50-47-44-15-12-9-6-3)67-61(64)55-52-49-46-43-41-39-36-23-21-19-17-14-11-8-5-2/h7,10,16-19,22-24,26-27,29-30,32-33,35-37,58H,4-6,8-9,11-15,20-21,25,28,31,34,38-57H2,1-3H3/b10-7-,18-16-,19-17-,24-22-,27-26-,30-29-,33-32-,36-23-,37-35-. The minimum atomic E-state index is -0.792. The van der Waals surface area contributed by atoms with E-state index in [1.165, 1.54) is 51.4 Å². The summed E-state index contributed by atoms with van der Waals surface area (Å²) in [5, 5.41) is 0. The van der Waals surface area contributed by atoms with E-state index in [1.807, 2.05) is 0 Å². The van der Waals surface area contributed by atoms with Crippen molar-refractivity contribution in [2.75, 3.05) is 13.2 Å². The number of hydrogen-bond donors (Lipinski definition) is 0. The third-order valence-electron chi connectivity index (χ3n) is 11.3. The molecule has 0 saturated heterocycles. The number of rotatable bonds is 48. The second-order valence-electron chi connectivity index (χ2n) is 17.8. The first-order valence-electron chi connectivity index (χ1n) is 27.4. The third kappa shape index (κ3) is 52.9. The molecule has 0 aliphatic carbocycles. The van der Waals surface area contributed by atoms with Gasteiger partial charge >= 0.3 is 17.9 Å². The highest BCUT2D eigenvalue weighted by Gasteiger charge is 2.19. The molecule has 0 N–H and O–H groups in total. The third-order valence-corrected chi connectivity index (χ3v) is 11.3. The Labute approximate surface area is 412 Å². The van der Waals surface area contributed by atoms with Gasteiger partial charge in [-0.1, -0.05) is 220 Å². The maximum atomic E-state index is 12.8. The van der Waals surface area contributed by atoms with E-state index in [0.29, 0.717) is 19.3 Å². The molecule has 0 saturated carbocycles. The molecule has 0 heterocycles. The zero-order valence-corrected chi connectivity index (χ0v) is 43.4. The predicted octanol–water partition coefficient (Wildman–Crippen LogP) is 18.3. The van der Waals surface area contributed by atoms with Gasteiger partial charge in [0.05, 0.1) is 0 Å². The van der Waals surface area contributed by atoms with E-state index in [2.05, 4.69) is 130 Å². The summed E-state index contributed by atoms with van der Waals surface area (Å²) in [4.78, 5) is 37.9. The van der Waals surface area contributed by atoms with Crippen molar-refractivity contribution in [1.82, 2.24) is 0 Å². The fraction of sp³-hybridized carbons (Fsp3) is 0.656. The van der Waals surface area contributed by atoms with Crippen LogP contribution in [0.25, 0.3) is 0 Å². The molecule has 1 atom stereocenters. The summed E-state index contributed by atoms with van der Waals surface area (Å²) >= 11 is 0. The van der Waals surface area contributed by atoms with Gasteiger partial charge in [-0.25, -0.2) is 0 Å². The van der Waals surface area contributed by atoms with Crippen LogP contribution in [0.2, 0.25) is 0 Å². The Bertz CT molecular complexity index is 1390. The predicted molar refractivity (Wildman–Crippen MR) is 288 cm³/mol. The van der Waals surface area contributed by atoms with Gasteiger partial charge in [0.1, 0.15) is 13.2 Å². The SMILES string of the molecule is CC/C=C\C/C=C\C/C=C\C/C=C\C/C=C\C/C=C\C/C=C\CCCCCCCC(=O)OCC(COC(=O)CCCCCCCCC)OC(=O)CCCCCCC/C=C\C/C=C\CCCCC. The average molecular weight is 929 g/mol. The Balaban J connectivity index is 4.27. The first-order valence-corrected chi connectivity index (χ1v) is 27.4. The van der Waals surface area contributed by atoms with Gasteiger partial charge in [-0.3, -0.25) is 14.4 Å². The van der Waals surface area contributed by atoms with Crippen molar-refractivity contribution >= 4 is 17.9 Å². The molecule has 0 aromatic rings. The van der Waals surface area contributed by atoms with Crippen molar-refractivity contribution in [1.29, 1.82) is 0 Å². The molecular weight excluding hydrogens is 829 g/mol. The topological polar surface area (TPSA) is 78.9 Å². The zero-order chi connectivity index (χ0) is 48.6. The number of allylic oxidation sites excluding steroid dienone is 18. The van der Waals surface area contributed by atoms with E-state index in [9.17, 15) is 14.4 Å². The monoisotopic (exact) mass is 929 g/mol. The van der Waals surface area contributed by atoms with Crippen LogP contribution in [0, 0.1) is 0 Å². The Morgan fingerprint density at radius 3 is 0.940 bits per heavy atom. The Morgan fingerprint density at radius 1 is 0.313 bits per heavy atom. The Morgan fingerprint density at radius 2 is 0.582 bits per heavy atom. The number of carbonyl (C=O) groups is 3. The molecular formula is C61H100O6. The Hall–Kier alpha value is -3.93. The molecule has 0 spiro atoms.